The van der Waals surface area contributed by atoms with Crippen LogP contribution in [-0.4, -0.2) is 30.2 Å². The Labute approximate surface area is 68.6 Å². The molecule has 0 radical (unpaired) electrons. The van der Waals surface area contributed by atoms with Crippen molar-refractivity contribution >= 4 is 5.78 Å². The number of hydrogen-bond acceptors (Lipinski definition) is 5. The number of hydrogen-bond donors (Lipinski definition) is 0. The normalized spacial score (nSPS) is 11.2. The molecule has 0 bridgehead atoms. The first kappa shape index (κ1) is 7.08. The molecule has 0 N–H and O–H groups in total. The van der Waals surface area contributed by atoms with Crippen LogP contribution < -0.4 is 0 Å². The quantitative estimate of drug-likeness (QED) is 0.595. The van der Waals surface area contributed by atoms with Gasteiger partial charge in [0, 0.05) is 0 Å². The van der Waals surface area contributed by atoms with Gasteiger partial charge in [0.25, 0.3) is 5.78 Å². The Bertz CT molecular complexity index is 359. The topological polar surface area (TPSA) is 68.9 Å². The Morgan fingerprint density at radius 1 is 1.33 bits per heavy atom. The van der Waals surface area contributed by atoms with Gasteiger partial charge < -0.3 is 0 Å². The molecular formula is C6H8N6. The van der Waals surface area contributed by atoms with Crippen molar-refractivity contribution in [2.24, 2.45) is 0 Å². The molecule has 0 atom stereocenters. The first-order valence-electron chi connectivity index (χ1n) is 3.68. The molecule has 0 aliphatic carbocycles. The summed E-state index contributed by atoms with van der Waals surface area (Å²) < 4.78 is 1.52. The number of imidazole rings is 1. The Morgan fingerprint density at radius 2 is 2.17 bits per heavy atom. The standard InChI is InChI=1S/C6H8N6/c1-4(2)5-3-12-6(7-5)8-9-10-11-12/h3-4H,1-2H3. The molecule has 62 valence electrons. The average molecular weight is 164 g/mol. The summed E-state index contributed by atoms with van der Waals surface area (Å²) in [5.41, 5.74) is 0.949. The van der Waals surface area contributed by atoms with Gasteiger partial charge in [0.05, 0.1) is 11.9 Å². The average Bonchev–Trinajstić information content (AvgIpc) is 2.46. The Hall–Kier alpha value is -1.59. The molecule has 0 saturated carbocycles. The smallest absolute Gasteiger partial charge is 0.213 e. The number of rotatable bonds is 1. The molecule has 12 heavy (non-hydrogen) atoms. The molecule has 0 aliphatic rings. The third-order valence-electron chi connectivity index (χ3n) is 1.59. The van der Waals surface area contributed by atoms with Gasteiger partial charge in [-0.15, -0.1) is 0 Å². The molecule has 2 aromatic rings. The van der Waals surface area contributed by atoms with E-state index in [1.165, 1.54) is 4.52 Å². The van der Waals surface area contributed by atoms with Crippen LogP contribution in [0.2, 0.25) is 0 Å². The molecule has 0 spiro atoms. The fourth-order valence-electron chi connectivity index (χ4n) is 0.912. The highest BCUT2D eigenvalue weighted by Crippen LogP contribution is 2.10. The fourth-order valence-corrected chi connectivity index (χ4v) is 0.912. The van der Waals surface area contributed by atoms with E-state index in [-0.39, 0.29) is 0 Å². The van der Waals surface area contributed by atoms with Crippen molar-refractivity contribution in [1.29, 1.82) is 0 Å². The van der Waals surface area contributed by atoms with Gasteiger partial charge in [0.2, 0.25) is 0 Å². The molecule has 6 nitrogen and oxygen atoms in total. The minimum Gasteiger partial charge on any atom is -0.213 e. The predicted octanol–water partition coefficient (Wildman–Crippen LogP) is 0.0377. The molecule has 2 rings (SSSR count). The zero-order valence-corrected chi connectivity index (χ0v) is 6.84. The van der Waals surface area contributed by atoms with Crippen LogP contribution in [0.4, 0.5) is 0 Å². The lowest BCUT2D eigenvalue weighted by atomic mass is 10.2. The van der Waals surface area contributed by atoms with E-state index in [4.69, 9.17) is 0 Å². The van der Waals surface area contributed by atoms with E-state index in [9.17, 15) is 0 Å². The highest BCUT2D eigenvalue weighted by atomic mass is 15.6. The third kappa shape index (κ3) is 1.01. The van der Waals surface area contributed by atoms with Crippen molar-refractivity contribution in [3.63, 3.8) is 0 Å². The van der Waals surface area contributed by atoms with Crippen molar-refractivity contribution in [3.05, 3.63) is 11.9 Å². The summed E-state index contributed by atoms with van der Waals surface area (Å²) in [5.74, 6) is 0.863. The minimum atomic E-state index is 0.369. The highest BCUT2D eigenvalue weighted by Gasteiger charge is 2.06. The highest BCUT2D eigenvalue weighted by molar-refractivity contribution is 5.26. The van der Waals surface area contributed by atoms with Crippen LogP contribution >= 0.6 is 0 Å². The third-order valence-corrected chi connectivity index (χ3v) is 1.59. The molecule has 2 aromatic heterocycles. The SMILES string of the molecule is CC(C)c1cn2nnnnc2n1. The van der Waals surface area contributed by atoms with E-state index in [2.05, 4.69) is 39.6 Å². The molecule has 0 saturated heterocycles. The number of nitrogens with zero attached hydrogens (tertiary/aromatic N) is 6. The summed E-state index contributed by atoms with van der Waals surface area (Å²) in [6.07, 6.45) is 1.81. The van der Waals surface area contributed by atoms with Gasteiger partial charge in [-0.3, -0.25) is 0 Å². The van der Waals surface area contributed by atoms with E-state index in [0.717, 1.165) is 5.69 Å². The second-order valence-electron chi connectivity index (χ2n) is 2.83. The second kappa shape index (κ2) is 2.47. The van der Waals surface area contributed by atoms with Crippen LogP contribution in [0.15, 0.2) is 6.20 Å². The lowest BCUT2D eigenvalue weighted by Gasteiger charge is -1.93. The summed E-state index contributed by atoms with van der Waals surface area (Å²) in [5, 5.41) is 14.2. The van der Waals surface area contributed by atoms with Crippen LogP contribution in [0.3, 0.4) is 0 Å². The largest absolute Gasteiger partial charge is 0.273 e. The van der Waals surface area contributed by atoms with E-state index < -0.39 is 0 Å². The van der Waals surface area contributed by atoms with Crippen LogP contribution in [0.25, 0.3) is 5.78 Å². The zero-order valence-electron chi connectivity index (χ0n) is 6.84. The number of aromatic nitrogens is 6. The fraction of sp³-hybridized carbons (Fsp3) is 0.500. The zero-order chi connectivity index (χ0) is 8.55. The van der Waals surface area contributed by atoms with Gasteiger partial charge in [-0.2, -0.15) is 4.52 Å². The summed E-state index contributed by atoms with van der Waals surface area (Å²) in [7, 11) is 0. The molecule has 0 aromatic carbocycles. The minimum absolute atomic E-state index is 0.369. The van der Waals surface area contributed by atoms with E-state index >= 15 is 0 Å². The predicted molar refractivity (Wildman–Crippen MR) is 40.5 cm³/mol. The molecule has 0 aliphatic heterocycles. The van der Waals surface area contributed by atoms with Gasteiger partial charge in [-0.25, -0.2) is 4.98 Å². The summed E-state index contributed by atoms with van der Waals surface area (Å²) in [6.45, 7) is 4.12. The van der Waals surface area contributed by atoms with Crippen molar-refractivity contribution in [3.8, 4) is 0 Å². The van der Waals surface area contributed by atoms with E-state index in [1.807, 2.05) is 6.20 Å². The van der Waals surface area contributed by atoms with Gasteiger partial charge in [0.15, 0.2) is 0 Å². The lowest BCUT2D eigenvalue weighted by Crippen LogP contribution is -1.98. The first-order valence-corrected chi connectivity index (χ1v) is 3.68. The summed E-state index contributed by atoms with van der Waals surface area (Å²) in [4.78, 5) is 4.20. The summed E-state index contributed by atoms with van der Waals surface area (Å²) in [6, 6.07) is 0. The van der Waals surface area contributed by atoms with Gasteiger partial charge >= 0.3 is 0 Å². The number of fused-ring (bicyclic) bond motifs is 1. The molecule has 2 heterocycles. The van der Waals surface area contributed by atoms with Gasteiger partial charge in [-0.1, -0.05) is 18.9 Å². The van der Waals surface area contributed by atoms with Crippen LogP contribution in [0.1, 0.15) is 25.5 Å². The Morgan fingerprint density at radius 3 is 2.83 bits per heavy atom. The molecular weight excluding hydrogens is 156 g/mol. The maximum Gasteiger partial charge on any atom is 0.273 e. The van der Waals surface area contributed by atoms with Crippen molar-refractivity contribution in [2.45, 2.75) is 19.8 Å². The molecule has 0 amide bonds. The Balaban J connectivity index is 2.62. The van der Waals surface area contributed by atoms with Crippen molar-refractivity contribution in [1.82, 2.24) is 30.2 Å². The summed E-state index contributed by atoms with van der Waals surface area (Å²) >= 11 is 0. The molecule has 0 fully saturated rings. The van der Waals surface area contributed by atoms with Gasteiger partial charge in [-0.05, 0) is 21.6 Å². The van der Waals surface area contributed by atoms with Crippen molar-refractivity contribution in [2.75, 3.05) is 0 Å². The lowest BCUT2D eigenvalue weighted by molar-refractivity contribution is 0.663. The molecule has 0 unspecified atom stereocenters. The monoisotopic (exact) mass is 164 g/mol. The first-order chi connectivity index (χ1) is 5.77. The van der Waals surface area contributed by atoms with Crippen molar-refractivity contribution < 1.29 is 0 Å². The maximum atomic E-state index is 4.20. The van der Waals surface area contributed by atoms with Crippen LogP contribution in [0, 0.1) is 0 Å². The van der Waals surface area contributed by atoms with E-state index in [0.29, 0.717) is 11.7 Å². The maximum absolute atomic E-state index is 4.20. The van der Waals surface area contributed by atoms with Gasteiger partial charge in [0.1, 0.15) is 0 Å². The second-order valence-corrected chi connectivity index (χ2v) is 2.83. The van der Waals surface area contributed by atoms with Crippen LogP contribution in [0.5, 0.6) is 0 Å². The van der Waals surface area contributed by atoms with Crippen LogP contribution in [-0.2, 0) is 0 Å². The van der Waals surface area contributed by atoms with E-state index in [1.54, 1.807) is 0 Å². The Kier molecular flexibility index (Phi) is 1.46. The molecule has 6 heteroatoms.